The molecule has 11 heavy (non-hydrogen) atoms. The van der Waals surface area contributed by atoms with Gasteiger partial charge in [-0.15, -0.1) is 12.4 Å². The van der Waals surface area contributed by atoms with Crippen LogP contribution in [-0.4, -0.2) is 19.0 Å². The van der Waals surface area contributed by atoms with Crippen LogP contribution >= 0.6 is 12.4 Å². The number of carbonyl (C=O) groups excluding carboxylic acids is 2. The summed E-state index contributed by atoms with van der Waals surface area (Å²) in [5.41, 5.74) is 4.89. The molecule has 5 heteroatoms. The number of hydrogen-bond acceptors (Lipinski definition) is 3. The average Bonchev–Trinajstić information content (AvgIpc) is 1.87. The monoisotopic (exact) mass is 181 g/mol. The van der Waals surface area contributed by atoms with E-state index in [9.17, 15) is 9.59 Å². The fourth-order valence-electron chi connectivity index (χ4n) is 0.434. The summed E-state index contributed by atoms with van der Waals surface area (Å²) in [6, 6.07) is 0. The first-order chi connectivity index (χ1) is 4.57. The van der Waals surface area contributed by atoms with Crippen LogP contribution in [0.15, 0.2) is 0 Å². The van der Waals surface area contributed by atoms with Crippen LogP contribution in [0.3, 0.4) is 0 Å². The lowest BCUT2D eigenvalue weighted by Gasteiger charge is -2.03. The summed E-state index contributed by atoms with van der Waals surface area (Å²) in [4.78, 5) is 20.9. The van der Waals surface area contributed by atoms with Crippen LogP contribution in [0.25, 0.3) is 0 Å². The van der Waals surface area contributed by atoms with E-state index >= 15 is 0 Å². The smallest absolute Gasteiger partial charge is 0.306 e. The molecule has 1 atom stereocenters. The van der Waals surface area contributed by atoms with E-state index in [-0.39, 0.29) is 18.8 Å². The molecule has 0 saturated heterocycles. The second kappa shape index (κ2) is 5.97. The molecule has 0 radical (unpaired) electrons. The van der Waals surface area contributed by atoms with Gasteiger partial charge < -0.3 is 10.5 Å². The minimum atomic E-state index is -0.481. The topological polar surface area (TPSA) is 69.4 Å². The van der Waals surface area contributed by atoms with Crippen molar-refractivity contribution in [2.75, 3.05) is 7.11 Å². The number of esters is 1. The summed E-state index contributed by atoms with van der Waals surface area (Å²) in [5.74, 6) is -1.33. The van der Waals surface area contributed by atoms with Crippen molar-refractivity contribution in [3.63, 3.8) is 0 Å². The maximum Gasteiger partial charge on any atom is 0.306 e. The highest BCUT2D eigenvalue weighted by atomic mass is 35.5. The van der Waals surface area contributed by atoms with Gasteiger partial charge >= 0.3 is 5.97 Å². The third-order valence-electron chi connectivity index (χ3n) is 1.19. The minimum Gasteiger partial charge on any atom is -0.469 e. The molecular weight excluding hydrogens is 170 g/mol. The molecule has 0 rings (SSSR count). The quantitative estimate of drug-likeness (QED) is 0.628. The molecule has 0 aliphatic carbocycles. The summed E-state index contributed by atoms with van der Waals surface area (Å²) < 4.78 is 4.32. The number of primary amides is 1. The van der Waals surface area contributed by atoms with E-state index in [1.807, 2.05) is 0 Å². The van der Waals surface area contributed by atoms with Crippen molar-refractivity contribution in [3.05, 3.63) is 0 Å². The standard InChI is InChI=1S/C6H11NO3.ClH/c1-4(6(7)9)3-5(8)10-2;/h4H,3H2,1-2H3,(H2,7,9);1H. The van der Waals surface area contributed by atoms with Crippen LogP contribution in [0.4, 0.5) is 0 Å². The van der Waals surface area contributed by atoms with E-state index < -0.39 is 17.8 Å². The maximum absolute atomic E-state index is 10.5. The highest BCUT2D eigenvalue weighted by molar-refractivity contribution is 5.85. The third-order valence-corrected chi connectivity index (χ3v) is 1.19. The van der Waals surface area contributed by atoms with Gasteiger partial charge in [0.15, 0.2) is 0 Å². The molecule has 0 aromatic carbocycles. The molecule has 2 N–H and O–H groups in total. The summed E-state index contributed by atoms with van der Waals surface area (Å²) in [7, 11) is 1.27. The number of nitrogens with two attached hydrogens (primary N) is 1. The van der Waals surface area contributed by atoms with Crippen LogP contribution in [0.5, 0.6) is 0 Å². The van der Waals surface area contributed by atoms with Crippen LogP contribution in [0.2, 0.25) is 0 Å². The lowest BCUT2D eigenvalue weighted by atomic mass is 10.1. The van der Waals surface area contributed by atoms with E-state index in [1.54, 1.807) is 6.92 Å². The van der Waals surface area contributed by atoms with Gasteiger partial charge in [-0.25, -0.2) is 0 Å². The van der Waals surface area contributed by atoms with Gasteiger partial charge in [-0.2, -0.15) is 0 Å². The van der Waals surface area contributed by atoms with Crippen molar-refractivity contribution in [2.45, 2.75) is 13.3 Å². The molecule has 4 nitrogen and oxygen atoms in total. The molecule has 0 aliphatic rings. The maximum atomic E-state index is 10.5. The zero-order valence-electron chi connectivity index (χ0n) is 6.49. The molecule has 66 valence electrons. The SMILES string of the molecule is COC(=O)CC(C)C(N)=O.Cl. The zero-order chi connectivity index (χ0) is 8.15. The first kappa shape index (κ1) is 12.9. The van der Waals surface area contributed by atoms with E-state index in [4.69, 9.17) is 5.73 Å². The van der Waals surface area contributed by atoms with E-state index in [1.165, 1.54) is 7.11 Å². The van der Waals surface area contributed by atoms with E-state index in [0.717, 1.165) is 0 Å². The largest absolute Gasteiger partial charge is 0.469 e. The van der Waals surface area contributed by atoms with Crippen molar-refractivity contribution < 1.29 is 14.3 Å². The Morgan fingerprint density at radius 3 is 2.27 bits per heavy atom. The van der Waals surface area contributed by atoms with Gasteiger partial charge in [0.1, 0.15) is 0 Å². The van der Waals surface area contributed by atoms with Crippen molar-refractivity contribution in [1.29, 1.82) is 0 Å². The molecule has 0 bridgehead atoms. The molecule has 1 unspecified atom stereocenters. The van der Waals surface area contributed by atoms with E-state index in [2.05, 4.69) is 4.74 Å². The molecule has 1 amide bonds. The van der Waals surface area contributed by atoms with Gasteiger partial charge in [0.25, 0.3) is 0 Å². The Bertz CT molecular complexity index is 149. The summed E-state index contributed by atoms with van der Waals surface area (Å²) in [6.07, 6.45) is 0.0613. The van der Waals surface area contributed by atoms with Crippen LogP contribution in [0, 0.1) is 5.92 Å². The predicted octanol–water partition coefficient (Wildman–Crippen LogP) is 0.0927. The molecule has 0 saturated carbocycles. The first-order valence-electron chi connectivity index (χ1n) is 2.94. The van der Waals surface area contributed by atoms with Gasteiger partial charge in [0.05, 0.1) is 13.5 Å². The molecule has 0 heterocycles. The Morgan fingerprint density at radius 2 is 2.00 bits per heavy atom. The lowest BCUT2D eigenvalue weighted by Crippen LogP contribution is -2.23. The number of hydrogen-bond donors (Lipinski definition) is 1. The Morgan fingerprint density at radius 1 is 1.55 bits per heavy atom. The van der Waals surface area contributed by atoms with Gasteiger partial charge in [0.2, 0.25) is 5.91 Å². The number of rotatable bonds is 3. The zero-order valence-corrected chi connectivity index (χ0v) is 7.31. The highest BCUT2D eigenvalue weighted by Crippen LogP contribution is 2.00. The molecule has 0 spiro atoms. The Kier molecular flexibility index (Phi) is 6.99. The normalized spacial score (nSPS) is 11.1. The minimum absolute atomic E-state index is 0. The Hall–Kier alpha value is -0.770. The van der Waals surface area contributed by atoms with Gasteiger partial charge in [0, 0.05) is 5.92 Å². The number of halogens is 1. The molecule has 0 aromatic heterocycles. The third kappa shape index (κ3) is 5.66. The number of ether oxygens (including phenoxy) is 1. The van der Waals surface area contributed by atoms with Crippen molar-refractivity contribution >= 4 is 24.3 Å². The van der Waals surface area contributed by atoms with Gasteiger partial charge in [-0.1, -0.05) is 6.92 Å². The summed E-state index contributed by atoms with van der Waals surface area (Å²) in [6.45, 7) is 1.58. The Balaban J connectivity index is 0. The van der Waals surface area contributed by atoms with Crippen molar-refractivity contribution in [1.82, 2.24) is 0 Å². The van der Waals surface area contributed by atoms with Crippen LogP contribution in [-0.2, 0) is 14.3 Å². The highest BCUT2D eigenvalue weighted by Gasteiger charge is 2.13. The summed E-state index contributed by atoms with van der Waals surface area (Å²) >= 11 is 0. The lowest BCUT2D eigenvalue weighted by molar-refractivity contribution is -0.143. The first-order valence-corrected chi connectivity index (χ1v) is 2.94. The Labute approximate surface area is 71.5 Å². The second-order valence-electron chi connectivity index (χ2n) is 2.08. The number of amides is 1. The predicted molar refractivity (Wildman–Crippen MR) is 42.2 cm³/mol. The van der Waals surface area contributed by atoms with Crippen molar-refractivity contribution in [2.24, 2.45) is 11.7 Å². The van der Waals surface area contributed by atoms with Gasteiger partial charge in [-0.05, 0) is 0 Å². The second-order valence-corrected chi connectivity index (χ2v) is 2.08. The average molecular weight is 182 g/mol. The molecule has 0 aliphatic heterocycles. The van der Waals surface area contributed by atoms with E-state index in [0.29, 0.717) is 0 Å². The fraction of sp³-hybridized carbons (Fsp3) is 0.667. The number of methoxy groups -OCH3 is 1. The molecular formula is C6H12ClNO3. The van der Waals surface area contributed by atoms with Gasteiger partial charge in [-0.3, -0.25) is 9.59 Å². The number of carbonyl (C=O) groups is 2. The molecule has 0 aromatic rings. The van der Waals surface area contributed by atoms with Crippen molar-refractivity contribution in [3.8, 4) is 0 Å². The van der Waals surface area contributed by atoms with Crippen LogP contribution < -0.4 is 5.73 Å². The summed E-state index contributed by atoms with van der Waals surface area (Å²) in [5, 5.41) is 0. The fourth-order valence-corrected chi connectivity index (χ4v) is 0.434. The molecule has 0 fully saturated rings. The van der Waals surface area contributed by atoms with Crippen LogP contribution in [0.1, 0.15) is 13.3 Å².